The highest BCUT2D eigenvalue weighted by Crippen LogP contribution is 2.48. The van der Waals surface area contributed by atoms with Crippen LogP contribution in [0.3, 0.4) is 0 Å². The molecule has 2 nitrogen and oxygen atoms in total. The van der Waals surface area contributed by atoms with Crippen LogP contribution in [-0.4, -0.2) is 30.5 Å². The quantitative estimate of drug-likeness (QED) is 0.277. The Hall–Kier alpha value is -1.33. The van der Waals surface area contributed by atoms with E-state index in [-0.39, 0.29) is 34.9 Å². The lowest BCUT2D eigenvalue weighted by molar-refractivity contribution is -0.341. The van der Waals surface area contributed by atoms with Crippen molar-refractivity contribution >= 4 is 28.5 Å². The van der Waals surface area contributed by atoms with E-state index in [4.69, 9.17) is 0 Å². The van der Waals surface area contributed by atoms with Crippen LogP contribution in [-0.2, 0) is 0 Å². The van der Waals surface area contributed by atoms with Crippen molar-refractivity contribution in [3.63, 3.8) is 0 Å². The van der Waals surface area contributed by atoms with Crippen LogP contribution in [0.2, 0.25) is 0 Å². The normalized spacial score (nSPS) is 13.6. The van der Waals surface area contributed by atoms with Crippen molar-refractivity contribution in [3.05, 3.63) is 45.6 Å². The van der Waals surface area contributed by atoms with Crippen LogP contribution < -0.4 is 5.32 Å². The highest BCUT2D eigenvalue weighted by molar-refractivity contribution is 14.1. The maximum Gasteiger partial charge on any atom is 0.460 e. The molecule has 0 fully saturated rings. The van der Waals surface area contributed by atoms with Gasteiger partial charge in [0.25, 0.3) is 5.91 Å². The number of hydrogen-bond acceptors (Lipinski definition) is 1. The minimum atomic E-state index is -6.34. The first-order valence-corrected chi connectivity index (χ1v) is 8.49. The van der Waals surface area contributed by atoms with E-state index < -0.39 is 18.0 Å². The van der Waals surface area contributed by atoms with Crippen LogP contribution in [0, 0.1) is 0 Å². The van der Waals surface area contributed by atoms with E-state index in [9.17, 15) is 35.5 Å². The molecular formula is C16H15F7INO. The van der Waals surface area contributed by atoms with Gasteiger partial charge in [-0.05, 0) is 57.6 Å². The van der Waals surface area contributed by atoms with E-state index in [1.807, 2.05) is 0 Å². The van der Waals surface area contributed by atoms with Gasteiger partial charge in [-0.3, -0.25) is 4.79 Å². The molecule has 0 aliphatic carbocycles. The highest BCUT2D eigenvalue weighted by Gasteiger charge is 2.72. The summed E-state index contributed by atoms with van der Waals surface area (Å²) in [6.07, 6.45) is -6.22. The zero-order chi connectivity index (χ0) is 20.0. The molecule has 0 saturated carbocycles. The minimum absolute atomic E-state index is 0.106. The van der Waals surface area contributed by atoms with Gasteiger partial charge in [-0.25, -0.2) is 0 Å². The van der Waals surface area contributed by atoms with Crippen molar-refractivity contribution in [2.24, 2.45) is 0 Å². The monoisotopic (exact) mass is 497 g/mol. The summed E-state index contributed by atoms with van der Waals surface area (Å²) in [4.78, 5) is 11.7. The lowest BCUT2D eigenvalue weighted by atomic mass is 10.1. The molecule has 1 aromatic rings. The van der Waals surface area contributed by atoms with Gasteiger partial charge in [0, 0.05) is 18.2 Å². The molecule has 26 heavy (non-hydrogen) atoms. The van der Waals surface area contributed by atoms with Crippen molar-refractivity contribution in [2.75, 3.05) is 6.54 Å². The first-order valence-electron chi connectivity index (χ1n) is 7.41. The number of hydrogen-bond donors (Lipinski definition) is 1. The van der Waals surface area contributed by atoms with Crippen LogP contribution >= 0.6 is 22.6 Å². The van der Waals surface area contributed by atoms with E-state index in [1.54, 1.807) is 30.3 Å². The third-order valence-electron chi connectivity index (χ3n) is 3.28. The number of rotatable bonds is 8. The maximum absolute atomic E-state index is 13.2. The fourth-order valence-electron chi connectivity index (χ4n) is 1.86. The summed E-state index contributed by atoms with van der Waals surface area (Å²) in [5.41, 5.74) is 0.441. The number of halogens is 8. The standard InChI is InChI=1S/C16H15F7INO/c17-14(18,15(19,20)16(21,22)23)10-12(24)8-4-5-9-25-13(26)11-6-2-1-3-7-11/h1-3,6-7,10H,4-5,8-9H2,(H,25,26). The highest BCUT2D eigenvalue weighted by atomic mass is 127. The summed E-state index contributed by atoms with van der Waals surface area (Å²) in [5, 5.41) is 2.59. The Morgan fingerprint density at radius 1 is 1.00 bits per heavy atom. The number of nitrogens with one attached hydrogen (secondary N) is 1. The van der Waals surface area contributed by atoms with E-state index in [2.05, 4.69) is 5.32 Å². The van der Waals surface area contributed by atoms with E-state index in [1.165, 1.54) is 22.6 Å². The van der Waals surface area contributed by atoms with Gasteiger partial charge in [-0.15, -0.1) is 0 Å². The van der Waals surface area contributed by atoms with Gasteiger partial charge >= 0.3 is 18.0 Å². The summed E-state index contributed by atoms with van der Waals surface area (Å²) in [7, 11) is 0. The smallest absolute Gasteiger partial charge is 0.352 e. The molecule has 0 heterocycles. The number of carbonyl (C=O) groups excluding carboxylic acids is 1. The van der Waals surface area contributed by atoms with Gasteiger partial charge in [-0.1, -0.05) is 18.2 Å². The molecule has 0 unspecified atom stereocenters. The molecule has 0 saturated heterocycles. The van der Waals surface area contributed by atoms with Crippen LogP contribution in [0.1, 0.15) is 29.6 Å². The number of alkyl halides is 7. The number of benzene rings is 1. The summed E-state index contributed by atoms with van der Waals surface area (Å²) < 4.78 is 87.8. The van der Waals surface area contributed by atoms with Gasteiger partial charge < -0.3 is 5.32 Å². The molecule has 0 aliphatic rings. The van der Waals surface area contributed by atoms with Crippen molar-refractivity contribution in [3.8, 4) is 0 Å². The van der Waals surface area contributed by atoms with Gasteiger partial charge in [0.15, 0.2) is 0 Å². The third-order valence-corrected chi connectivity index (χ3v) is 4.13. The molecule has 0 atom stereocenters. The second-order valence-electron chi connectivity index (χ2n) is 5.37. The van der Waals surface area contributed by atoms with Gasteiger partial charge in [0.05, 0.1) is 0 Å². The predicted octanol–water partition coefficient (Wildman–Crippen LogP) is 5.74. The zero-order valence-electron chi connectivity index (χ0n) is 13.2. The molecule has 0 spiro atoms. The van der Waals surface area contributed by atoms with Crippen LogP contribution in [0.5, 0.6) is 0 Å². The third kappa shape index (κ3) is 6.13. The Morgan fingerprint density at radius 3 is 2.12 bits per heavy atom. The maximum atomic E-state index is 13.2. The van der Waals surface area contributed by atoms with Crippen LogP contribution in [0.4, 0.5) is 30.7 Å². The van der Waals surface area contributed by atoms with E-state index in [0.717, 1.165) is 0 Å². The number of amides is 1. The molecule has 0 bridgehead atoms. The van der Waals surface area contributed by atoms with Gasteiger partial charge in [0.1, 0.15) is 0 Å². The predicted molar refractivity (Wildman–Crippen MR) is 90.7 cm³/mol. The molecule has 1 rings (SSSR count). The second-order valence-corrected chi connectivity index (χ2v) is 6.75. The summed E-state index contributed by atoms with van der Waals surface area (Å²) >= 11 is 1.30. The topological polar surface area (TPSA) is 29.1 Å². The molecule has 1 aromatic carbocycles. The molecule has 0 aliphatic heterocycles. The van der Waals surface area contributed by atoms with E-state index in [0.29, 0.717) is 12.0 Å². The summed E-state index contributed by atoms with van der Waals surface area (Å²) in [5.74, 6) is -11.8. The van der Waals surface area contributed by atoms with Gasteiger partial charge in [0.2, 0.25) is 0 Å². The average Bonchev–Trinajstić information content (AvgIpc) is 2.53. The second kappa shape index (κ2) is 9.05. The minimum Gasteiger partial charge on any atom is -0.352 e. The Bertz CT molecular complexity index is 629. The first-order chi connectivity index (χ1) is 11.9. The average molecular weight is 497 g/mol. The first kappa shape index (κ1) is 22.7. The van der Waals surface area contributed by atoms with Crippen molar-refractivity contribution in [1.29, 1.82) is 0 Å². The fourth-order valence-corrected chi connectivity index (χ4v) is 2.63. The van der Waals surface area contributed by atoms with Crippen molar-refractivity contribution in [1.82, 2.24) is 5.32 Å². The summed E-state index contributed by atoms with van der Waals surface area (Å²) in [6, 6.07) is 8.30. The molecule has 10 heteroatoms. The van der Waals surface area contributed by atoms with Crippen LogP contribution in [0.25, 0.3) is 0 Å². The van der Waals surface area contributed by atoms with Crippen molar-refractivity contribution in [2.45, 2.75) is 37.3 Å². The molecule has 1 N–H and O–H groups in total. The zero-order valence-corrected chi connectivity index (χ0v) is 15.4. The lowest BCUT2D eigenvalue weighted by Gasteiger charge is -2.26. The largest absolute Gasteiger partial charge is 0.460 e. The van der Waals surface area contributed by atoms with Crippen molar-refractivity contribution < 1.29 is 35.5 Å². The molecular weight excluding hydrogens is 482 g/mol. The Morgan fingerprint density at radius 2 is 1.58 bits per heavy atom. The Kier molecular flexibility index (Phi) is 7.90. The number of carbonyl (C=O) groups is 1. The number of allylic oxidation sites excluding steroid dienone is 2. The summed E-state index contributed by atoms with van der Waals surface area (Å²) in [6.45, 7) is 0.215. The fraction of sp³-hybridized carbons (Fsp3) is 0.438. The Balaban J connectivity index is 2.45. The molecule has 1 amide bonds. The van der Waals surface area contributed by atoms with Gasteiger partial charge in [-0.2, -0.15) is 30.7 Å². The lowest BCUT2D eigenvalue weighted by Crippen LogP contribution is -2.50. The van der Waals surface area contributed by atoms with Crippen LogP contribution in [0.15, 0.2) is 40.0 Å². The Labute approximate surface area is 159 Å². The molecule has 146 valence electrons. The molecule has 0 aromatic heterocycles. The SMILES string of the molecule is O=C(NCCCCC(I)=CC(F)(F)C(F)(F)C(F)(F)F)c1ccccc1. The van der Waals surface area contributed by atoms with E-state index >= 15 is 0 Å². The number of unbranched alkanes of at least 4 members (excludes halogenated alkanes) is 1. The molecule has 0 radical (unpaired) electrons.